The first-order valence-corrected chi connectivity index (χ1v) is 7.16. The van der Waals surface area contributed by atoms with Crippen molar-refractivity contribution < 1.29 is 14.3 Å². The smallest absolute Gasteiger partial charge is 0.326 e. The van der Waals surface area contributed by atoms with E-state index in [0.29, 0.717) is 25.7 Å². The van der Waals surface area contributed by atoms with Gasteiger partial charge in [-0.05, 0) is 39.7 Å². The highest BCUT2D eigenvalue weighted by Gasteiger charge is 2.33. The van der Waals surface area contributed by atoms with E-state index < -0.39 is 5.54 Å². The minimum absolute atomic E-state index is 0.179. The van der Waals surface area contributed by atoms with Gasteiger partial charge >= 0.3 is 5.97 Å². The molecule has 0 bridgehead atoms. The van der Waals surface area contributed by atoms with Crippen LogP contribution < -0.4 is 5.32 Å². The second-order valence-corrected chi connectivity index (χ2v) is 5.11. The van der Waals surface area contributed by atoms with Crippen LogP contribution in [0.25, 0.3) is 0 Å². The van der Waals surface area contributed by atoms with Gasteiger partial charge in [0.1, 0.15) is 5.54 Å². The molecule has 1 aliphatic rings. The largest absolute Gasteiger partial charge is 0.465 e. The number of hydrogen-bond donors (Lipinski definition) is 1. The highest BCUT2D eigenvalue weighted by molar-refractivity contribution is 5.80. The summed E-state index contributed by atoms with van der Waals surface area (Å²) in [7, 11) is 0. The van der Waals surface area contributed by atoms with Crippen LogP contribution in [-0.2, 0) is 14.3 Å². The third-order valence-electron chi connectivity index (χ3n) is 3.55. The lowest BCUT2D eigenvalue weighted by Gasteiger charge is -2.28. The number of carbonyl (C=O) groups is 1. The van der Waals surface area contributed by atoms with E-state index in [0.717, 1.165) is 19.4 Å². The third kappa shape index (κ3) is 4.58. The number of rotatable bonds is 8. The van der Waals surface area contributed by atoms with Gasteiger partial charge in [0.15, 0.2) is 0 Å². The highest BCUT2D eigenvalue weighted by Crippen LogP contribution is 2.22. The Labute approximate surface area is 110 Å². The first kappa shape index (κ1) is 15.4. The van der Waals surface area contributed by atoms with Gasteiger partial charge < -0.3 is 14.8 Å². The zero-order chi connectivity index (χ0) is 13.4. The maximum atomic E-state index is 11.9. The lowest BCUT2D eigenvalue weighted by molar-refractivity contribution is -0.151. The van der Waals surface area contributed by atoms with Crippen LogP contribution in [0.3, 0.4) is 0 Å². The Morgan fingerprint density at radius 1 is 1.33 bits per heavy atom. The van der Waals surface area contributed by atoms with Gasteiger partial charge in [0.05, 0.1) is 12.7 Å². The van der Waals surface area contributed by atoms with E-state index in [2.05, 4.69) is 5.32 Å². The monoisotopic (exact) mass is 257 g/mol. The fourth-order valence-electron chi connectivity index (χ4n) is 2.43. The van der Waals surface area contributed by atoms with Crippen LogP contribution in [-0.4, -0.2) is 37.4 Å². The third-order valence-corrected chi connectivity index (χ3v) is 3.55. The van der Waals surface area contributed by atoms with Gasteiger partial charge in [-0.3, -0.25) is 4.79 Å². The Hall–Kier alpha value is -0.610. The van der Waals surface area contributed by atoms with Crippen LogP contribution >= 0.6 is 0 Å². The first-order valence-electron chi connectivity index (χ1n) is 7.16. The maximum Gasteiger partial charge on any atom is 0.326 e. The molecule has 0 aromatic rings. The number of esters is 1. The molecule has 0 aromatic heterocycles. The van der Waals surface area contributed by atoms with Gasteiger partial charge in [0, 0.05) is 6.61 Å². The van der Waals surface area contributed by atoms with Gasteiger partial charge in [-0.1, -0.05) is 19.8 Å². The van der Waals surface area contributed by atoms with Crippen LogP contribution in [0.1, 0.15) is 52.9 Å². The van der Waals surface area contributed by atoms with Gasteiger partial charge in [0.25, 0.3) is 0 Å². The molecule has 4 heteroatoms. The molecule has 1 atom stereocenters. The van der Waals surface area contributed by atoms with E-state index >= 15 is 0 Å². The van der Waals surface area contributed by atoms with Crippen LogP contribution in [0.4, 0.5) is 0 Å². The van der Waals surface area contributed by atoms with Crippen molar-refractivity contribution in [1.29, 1.82) is 0 Å². The molecule has 1 N–H and O–H groups in total. The molecule has 0 heterocycles. The standard InChI is InChI=1S/C14H27NO3/c1-4-15-14(3,13(16)17-5-2)10-11-18-12-8-6-7-9-12/h12,15H,4-11H2,1-3H3. The topological polar surface area (TPSA) is 47.6 Å². The van der Waals surface area contributed by atoms with Crippen molar-refractivity contribution in [3.63, 3.8) is 0 Å². The Morgan fingerprint density at radius 2 is 2.00 bits per heavy atom. The highest BCUT2D eigenvalue weighted by atomic mass is 16.5. The predicted molar refractivity (Wildman–Crippen MR) is 71.5 cm³/mol. The fraction of sp³-hybridized carbons (Fsp3) is 0.929. The van der Waals surface area contributed by atoms with Gasteiger partial charge in [-0.25, -0.2) is 0 Å². The van der Waals surface area contributed by atoms with E-state index in [1.807, 2.05) is 20.8 Å². The number of ether oxygens (including phenoxy) is 2. The van der Waals surface area contributed by atoms with Crippen molar-refractivity contribution in [2.75, 3.05) is 19.8 Å². The minimum atomic E-state index is -0.622. The number of nitrogens with one attached hydrogen (secondary N) is 1. The summed E-state index contributed by atoms with van der Waals surface area (Å²) >= 11 is 0. The summed E-state index contributed by atoms with van der Waals surface area (Å²) in [6, 6.07) is 0. The molecular weight excluding hydrogens is 230 g/mol. The summed E-state index contributed by atoms with van der Waals surface area (Å²) in [6.07, 6.45) is 5.93. The average Bonchev–Trinajstić information content (AvgIpc) is 2.83. The van der Waals surface area contributed by atoms with Crippen molar-refractivity contribution in [3.05, 3.63) is 0 Å². The van der Waals surface area contributed by atoms with Crippen molar-refractivity contribution in [3.8, 4) is 0 Å². The normalized spacial score (nSPS) is 19.7. The molecule has 0 aliphatic heterocycles. The van der Waals surface area contributed by atoms with Crippen LogP contribution in [0.15, 0.2) is 0 Å². The molecule has 1 rings (SSSR count). The van der Waals surface area contributed by atoms with Gasteiger partial charge in [-0.15, -0.1) is 0 Å². The molecule has 0 aromatic carbocycles. The molecule has 1 fully saturated rings. The van der Waals surface area contributed by atoms with E-state index in [4.69, 9.17) is 9.47 Å². The Morgan fingerprint density at radius 3 is 2.56 bits per heavy atom. The molecule has 1 saturated carbocycles. The summed E-state index contributed by atoms with van der Waals surface area (Å²) in [5, 5.41) is 3.21. The molecule has 1 aliphatic carbocycles. The SMILES string of the molecule is CCNC(C)(CCOC1CCCC1)C(=O)OCC. The number of hydrogen-bond acceptors (Lipinski definition) is 4. The average molecular weight is 257 g/mol. The van der Waals surface area contributed by atoms with Crippen molar-refractivity contribution >= 4 is 5.97 Å². The van der Waals surface area contributed by atoms with Crippen LogP contribution in [0.5, 0.6) is 0 Å². The summed E-state index contributed by atoms with van der Waals surface area (Å²) in [6.45, 7) is 7.51. The lowest BCUT2D eigenvalue weighted by Crippen LogP contribution is -2.51. The molecule has 0 spiro atoms. The zero-order valence-electron chi connectivity index (χ0n) is 12.0. The molecule has 106 valence electrons. The minimum Gasteiger partial charge on any atom is -0.465 e. The number of carbonyl (C=O) groups excluding carboxylic acids is 1. The Balaban J connectivity index is 2.37. The summed E-state index contributed by atoms with van der Waals surface area (Å²) in [5.41, 5.74) is -0.622. The van der Waals surface area contributed by atoms with Crippen molar-refractivity contribution in [2.24, 2.45) is 0 Å². The maximum absolute atomic E-state index is 11.9. The van der Waals surface area contributed by atoms with Crippen molar-refractivity contribution in [2.45, 2.75) is 64.5 Å². The number of likely N-dealkylation sites (N-methyl/N-ethyl adjacent to an activating group) is 1. The first-order chi connectivity index (χ1) is 8.62. The van der Waals surface area contributed by atoms with Gasteiger partial charge in [-0.2, -0.15) is 0 Å². The second-order valence-electron chi connectivity index (χ2n) is 5.11. The summed E-state index contributed by atoms with van der Waals surface area (Å²) in [4.78, 5) is 11.9. The predicted octanol–water partition coefficient (Wildman–Crippen LogP) is 2.27. The molecule has 0 radical (unpaired) electrons. The van der Waals surface area contributed by atoms with Crippen LogP contribution in [0.2, 0.25) is 0 Å². The Kier molecular flexibility index (Phi) is 6.65. The fourth-order valence-corrected chi connectivity index (χ4v) is 2.43. The van der Waals surface area contributed by atoms with E-state index in [1.165, 1.54) is 12.8 Å². The molecule has 1 unspecified atom stereocenters. The second kappa shape index (κ2) is 7.74. The Bertz CT molecular complexity index is 251. The molecule has 0 saturated heterocycles. The summed E-state index contributed by atoms with van der Waals surface area (Å²) < 4.78 is 11.0. The van der Waals surface area contributed by atoms with E-state index in [1.54, 1.807) is 0 Å². The molecule has 0 amide bonds. The van der Waals surface area contributed by atoms with Crippen LogP contribution in [0, 0.1) is 0 Å². The molecular formula is C14H27NO3. The lowest BCUT2D eigenvalue weighted by atomic mass is 9.98. The van der Waals surface area contributed by atoms with Gasteiger partial charge in [0.2, 0.25) is 0 Å². The zero-order valence-corrected chi connectivity index (χ0v) is 12.0. The summed E-state index contributed by atoms with van der Waals surface area (Å²) in [5.74, 6) is -0.179. The quantitative estimate of drug-likeness (QED) is 0.678. The molecule has 18 heavy (non-hydrogen) atoms. The van der Waals surface area contributed by atoms with Crippen molar-refractivity contribution in [1.82, 2.24) is 5.32 Å². The van der Waals surface area contributed by atoms with E-state index in [9.17, 15) is 4.79 Å². The molecule has 4 nitrogen and oxygen atoms in total. The van der Waals surface area contributed by atoms with E-state index in [-0.39, 0.29) is 5.97 Å².